The highest BCUT2D eigenvalue weighted by molar-refractivity contribution is 7.93. The number of sulfonamides is 1. The Morgan fingerprint density at radius 1 is 1.11 bits per heavy atom. The van der Waals surface area contributed by atoms with Crippen LogP contribution in [0.4, 0.5) is 5.69 Å². The average molecular weight is 642 g/mol. The molecular weight excluding hydrogens is 600 g/mol. The van der Waals surface area contributed by atoms with Gasteiger partial charge in [0.2, 0.25) is 5.91 Å². The molecule has 0 bridgehead atoms. The number of fused-ring (bicyclic) bond motifs is 3. The van der Waals surface area contributed by atoms with Gasteiger partial charge < -0.3 is 39.1 Å². The number of nitrogens with zero attached hydrogens (tertiary/aromatic N) is 4. The number of carboxylic acid groups (broad SMARTS) is 1. The molecule has 4 atom stereocenters. The second-order valence-electron chi connectivity index (χ2n) is 13.7. The Labute approximate surface area is 262 Å². The molecule has 0 saturated carbocycles. The normalized spacial score (nSPS) is 27.9. The van der Waals surface area contributed by atoms with Gasteiger partial charge in [0.25, 0.3) is 10.0 Å². The molecule has 1 amide bonds. The third kappa shape index (κ3) is 4.31. The van der Waals surface area contributed by atoms with E-state index < -0.39 is 45.9 Å². The molecule has 1 spiro atoms. The summed E-state index contributed by atoms with van der Waals surface area (Å²) in [5, 5.41) is 43.4. The number of aliphatic hydroxyl groups excluding tert-OH is 3. The highest BCUT2D eigenvalue weighted by Gasteiger charge is 2.59. The number of amides is 1. The number of quaternary nitrogens is 2. The van der Waals surface area contributed by atoms with Crippen LogP contribution < -0.4 is 9.41 Å². The van der Waals surface area contributed by atoms with Crippen LogP contribution in [0.2, 0.25) is 0 Å². The predicted molar refractivity (Wildman–Crippen MR) is 162 cm³/mol. The summed E-state index contributed by atoms with van der Waals surface area (Å²) in [5.74, 6) is -3.25. The van der Waals surface area contributed by atoms with Crippen molar-refractivity contribution in [3.8, 4) is 0 Å². The van der Waals surface area contributed by atoms with Gasteiger partial charge in [0, 0.05) is 23.3 Å². The van der Waals surface area contributed by atoms with E-state index in [1.807, 2.05) is 18.2 Å². The van der Waals surface area contributed by atoms with E-state index in [1.54, 1.807) is 13.0 Å². The molecule has 2 saturated heterocycles. The summed E-state index contributed by atoms with van der Waals surface area (Å²) in [6, 6.07) is 6.82. The van der Waals surface area contributed by atoms with Crippen molar-refractivity contribution in [3.63, 3.8) is 0 Å². The Kier molecular flexibility index (Phi) is 7.12. The Hall–Kier alpha value is -3.07. The first-order chi connectivity index (χ1) is 21.4. The fourth-order valence-corrected chi connectivity index (χ4v) is 10.8. The van der Waals surface area contributed by atoms with Crippen molar-refractivity contribution in [1.82, 2.24) is 4.90 Å². The molecule has 12 nitrogen and oxygen atoms in total. The minimum atomic E-state index is -4.06. The molecule has 7 rings (SSSR count). The number of β-lactam (4-membered cyclic amide) rings is 1. The van der Waals surface area contributed by atoms with Crippen molar-refractivity contribution >= 4 is 38.4 Å². The van der Waals surface area contributed by atoms with Crippen LogP contribution in [0.3, 0.4) is 0 Å². The fraction of sp³-hybridized carbons (Fsp3) is 0.562. The van der Waals surface area contributed by atoms with E-state index in [9.17, 15) is 38.4 Å². The number of piperazine rings is 1. The van der Waals surface area contributed by atoms with Crippen molar-refractivity contribution in [2.24, 2.45) is 11.8 Å². The number of carboxylic acids is 1. The van der Waals surface area contributed by atoms with Crippen molar-refractivity contribution in [2.75, 3.05) is 69.9 Å². The monoisotopic (exact) mass is 641 g/mol. The summed E-state index contributed by atoms with van der Waals surface area (Å²) < 4.78 is 31.4. The maximum atomic E-state index is 14.3. The Morgan fingerprint density at radius 2 is 1.80 bits per heavy atom. The molecular formula is C32H41N4O8S+. The maximum absolute atomic E-state index is 14.3. The van der Waals surface area contributed by atoms with Gasteiger partial charge in [0.1, 0.15) is 45.8 Å². The number of carbonyl (C=O) groups excluding carboxylic acids is 2. The van der Waals surface area contributed by atoms with Crippen molar-refractivity contribution < 1.29 is 47.4 Å². The lowest BCUT2D eigenvalue weighted by atomic mass is 9.78. The fourth-order valence-electron chi connectivity index (χ4n) is 9.03. The van der Waals surface area contributed by atoms with E-state index in [-0.39, 0.29) is 30.4 Å². The number of anilines is 1. The molecule has 5 aliphatic heterocycles. The summed E-state index contributed by atoms with van der Waals surface area (Å²) >= 11 is 0. The second kappa shape index (κ2) is 10.5. The predicted octanol–water partition coefficient (Wildman–Crippen LogP) is -1.10. The molecule has 2 fully saturated rings. The highest BCUT2D eigenvalue weighted by atomic mass is 32.2. The van der Waals surface area contributed by atoms with Crippen LogP contribution in [-0.2, 0) is 32.6 Å². The molecule has 242 valence electrons. The van der Waals surface area contributed by atoms with Gasteiger partial charge in [-0.2, -0.15) is 0 Å². The molecule has 0 aliphatic carbocycles. The molecule has 2 aromatic rings. The first kappa shape index (κ1) is 30.6. The number of aliphatic hydroxyl groups is 3. The summed E-state index contributed by atoms with van der Waals surface area (Å²) in [5.41, 5.74) is 2.67. The molecule has 45 heavy (non-hydrogen) atoms. The van der Waals surface area contributed by atoms with Gasteiger partial charge >= 0.3 is 0 Å². The van der Waals surface area contributed by atoms with Crippen LogP contribution in [0, 0.1) is 11.8 Å². The summed E-state index contributed by atoms with van der Waals surface area (Å²) in [7, 11) is -4.06. The van der Waals surface area contributed by atoms with Gasteiger partial charge in [-0.15, -0.1) is 0 Å². The first-order valence-corrected chi connectivity index (χ1v) is 17.3. The Balaban J connectivity index is 1.23. The zero-order valence-corrected chi connectivity index (χ0v) is 26.5. The van der Waals surface area contributed by atoms with Crippen molar-refractivity contribution in [3.05, 3.63) is 46.7 Å². The average Bonchev–Trinajstić information content (AvgIpc) is 3.36. The molecule has 2 aromatic carbocycles. The van der Waals surface area contributed by atoms with E-state index >= 15 is 0 Å². The van der Waals surface area contributed by atoms with Crippen LogP contribution in [-0.4, -0.2) is 127 Å². The molecule has 5 aliphatic rings. The number of rotatable bonds is 8. The van der Waals surface area contributed by atoms with Crippen LogP contribution in [0.25, 0.3) is 10.8 Å². The van der Waals surface area contributed by atoms with Crippen molar-refractivity contribution in [1.29, 1.82) is 0 Å². The lowest BCUT2D eigenvalue weighted by Gasteiger charge is -2.51. The quantitative estimate of drug-likeness (QED) is 0.242. The first-order valence-electron chi connectivity index (χ1n) is 15.9. The molecule has 13 heteroatoms. The van der Waals surface area contributed by atoms with Gasteiger partial charge in [0.05, 0.1) is 66.6 Å². The van der Waals surface area contributed by atoms with E-state index in [2.05, 4.69) is 0 Å². The number of benzene rings is 2. The summed E-state index contributed by atoms with van der Waals surface area (Å²) in [6.45, 7) is 9.51. The third-order valence-corrected chi connectivity index (χ3v) is 13.3. The van der Waals surface area contributed by atoms with E-state index in [0.29, 0.717) is 40.8 Å². The van der Waals surface area contributed by atoms with E-state index in [4.69, 9.17) is 0 Å². The zero-order valence-electron chi connectivity index (χ0n) is 25.7. The van der Waals surface area contributed by atoms with Crippen LogP contribution in [0.5, 0.6) is 0 Å². The number of hydrogen-bond acceptors (Lipinski definition) is 8. The lowest BCUT2D eigenvalue weighted by molar-refractivity contribution is -1.04. The molecule has 5 heterocycles. The minimum absolute atomic E-state index is 0.0746. The minimum Gasteiger partial charge on any atom is -0.543 e. The number of hydrogen-bond donors (Lipinski definition) is 3. The molecule has 2 unspecified atom stereocenters. The van der Waals surface area contributed by atoms with Gasteiger partial charge in [-0.05, 0) is 35.6 Å². The van der Waals surface area contributed by atoms with Gasteiger partial charge in [-0.3, -0.25) is 9.10 Å². The van der Waals surface area contributed by atoms with E-state index in [1.165, 1.54) is 11.2 Å². The van der Waals surface area contributed by atoms with Gasteiger partial charge in [-0.25, -0.2) is 8.42 Å². The molecule has 3 N–H and O–H groups in total. The van der Waals surface area contributed by atoms with Gasteiger partial charge in [0.15, 0.2) is 0 Å². The number of aliphatic carboxylic acids is 1. The van der Waals surface area contributed by atoms with Crippen LogP contribution in [0.1, 0.15) is 25.0 Å². The van der Waals surface area contributed by atoms with Gasteiger partial charge in [-0.1, -0.05) is 19.1 Å². The Morgan fingerprint density at radius 3 is 2.42 bits per heavy atom. The number of carbonyl (C=O) groups is 2. The smallest absolute Gasteiger partial charge is 0.265 e. The summed E-state index contributed by atoms with van der Waals surface area (Å²) in [4.78, 5) is 26.6. The SMILES string of the molecule is CC(O)C1C(=O)N2C(C(=O)[O-])=C(CN3c4cccc5c6c(cc(c45)S3(=O)=O)C[N+]3(CC6)CC[N+](CCO)(CCO)CC3)[C@H](C)[C@H]12. The van der Waals surface area contributed by atoms with Crippen molar-refractivity contribution in [2.45, 2.75) is 43.9 Å². The van der Waals surface area contributed by atoms with Crippen LogP contribution in [0.15, 0.2) is 40.4 Å². The third-order valence-electron chi connectivity index (χ3n) is 11.6. The lowest BCUT2D eigenvalue weighted by Crippen LogP contribution is -2.68. The summed E-state index contributed by atoms with van der Waals surface area (Å²) in [6.07, 6.45) is -0.166. The largest absolute Gasteiger partial charge is 0.543 e. The Bertz CT molecular complexity index is 1740. The molecule has 0 radical (unpaired) electrons. The second-order valence-corrected chi connectivity index (χ2v) is 15.6. The molecule has 0 aromatic heterocycles. The topological polar surface area (TPSA) is 159 Å². The standard InChI is InChI=1S/C32H41N4O8S/c1-19-24(30(32(41)42)34-29(19)27(20(2)39)31(34)40)17-33-25-5-3-4-23-22-6-7-36(10-8-35(9-11-36,12-14-37)13-15-38)18-21(22)16-26(28(23)25)45(33,43)44/h3-5,16,19-20,27,29,37-39H,6-15,17-18H2,1-2H3/q+1/t19-,20?,27?,29+/m0/s1. The highest BCUT2D eigenvalue weighted by Crippen LogP contribution is 2.50. The van der Waals surface area contributed by atoms with Crippen LogP contribution >= 0.6 is 0 Å². The maximum Gasteiger partial charge on any atom is 0.265 e. The van der Waals surface area contributed by atoms with E-state index in [0.717, 1.165) is 65.0 Å². The zero-order chi connectivity index (χ0) is 32.1.